The lowest BCUT2D eigenvalue weighted by atomic mass is 9.79. The van der Waals surface area contributed by atoms with Crippen LogP contribution in [0, 0.1) is 11.3 Å². The van der Waals surface area contributed by atoms with Crippen molar-refractivity contribution in [2.24, 2.45) is 11.3 Å². The highest BCUT2D eigenvalue weighted by Crippen LogP contribution is 2.41. The summed E-state index contributed by atoms with van der Waals surface area (Å²) < 4.78 is 10.5. The summed E-state index contributed by atoms with van der Waals surface area (Å²) in [6, 6.07) is 0. The molecule has 3 aliphatic heterocycles. The highest BCUT2D eigenvalue weighted by molar-refractivity contribution is 5.85. The Balaban J connectivity index is 1.58. The third-order valence-corrected chi connectivity index (χ3v) is 5.99. The van der Waals surface area contributed by atoms with E-state index < -0.39 is 0 Å². The van der Waals surface area contributed by atoms with E-state index in [1.807, 2.05) is 9.80 Å². The van der Waals surface area contributed by atoms with E-state index in [-0.39, 0.29) is 23.1 Å². The van der Waals surface area contributed by atoms with Crippen molar-refractivity contribution >= 4 is 11.8 Å². The third kappa shape index (κ3) is 3.59. The number of rotatable bonds is 4. The van der Waals surface area contributed by atoms with Crippen molar-refractivity contribution in [1.82, 2.24) is 9.80 Å². The van der Waals surface area contributed by atoms with Crippen LogP contribution < -0.4 is 0 Å². The van der Waals surface area contributed by atoms with Crippen LogP contribution in [0.3, 0.4) is 0 Å². The molecule has 3 aliphatic rings. The summed E-state index contributed by atoms with van der Waals surface area (Å²) in [4.78, 5) is 29.6. The molecule has 0 aromatic carbocycles. The number of nitrogens with zero attached hydrogens (tertiary/aromatic N) is 2. The molecule has 136 valence electrons. The van der Waals surface area contributed by atoms with E-state index in [2.05, 4.69) is 0 Å². The maximum Gasteiger partial charge on any atom is 0.229 e. The van der Waals surface area contributed by atoms with Gasteiger partial charge in [0.15, 0.2) is 0 Å². The van der Waals surface area contributed by atoms with Crippen molar-refractivity contribution in [2.45, 2.75) is 38.5 Å². The van der Waals surface area contributed by atoms with E-state index in [9.17, 15) is 9.59 Å². The lowest BCUT2D eigenvalue weighted by molar-refractivity contribution is -0.140. The number of hydrogen-bond donors (Lipinski definition) is 0. The van der Waals surface area contributed by atoms with Gasteiger partial charge >= 0.3 is 0 Å². The van der Waals surface area contributed by atoms with E-state index in [1.54, 1.807) is 7.11 Å². The molecule has 3 heterocycles. The van der Waals surface area contributed by atoms with Gasteiger partial charge in [0, 0.05) is 52.4 Å². The quantitative estimate of drug-likeness (QED) is 0.775. The minimum Gasteiger partial charge on any atom is -0.383 e. The van der Waals surface area contributed by atoms with Crippen molar-refractivity contribution in [3.63, 3.8) is 0 Å². The number of carbonyl (C=O) groups is 2. The van der Waals surface area contributed by atoms with Crippen molar-refractivity contribution in [3.05, 3.63) is 0 Å². The largest absolute Gasteiger partial charge is 0.383 e. The summed E-state index contributed by atoms with van der Waals surface area (Å²) in [5.41, 5.74) is -0.238. The first kappa shape index (κ1) is 17.7. The minimum absolute atomic E-state index is 0.116. The molecule has 0 N–H and O–H groups in total. The smallest absolute Gasteiger partial charge is 0.229 e. The average Bonchev–Trinajstić information content (AvgIpc) is 2.79. The summed E-state index contributed by atoms with van der Waals surface area (Å²) in [6.07, 6.45) is 5.25. The molecule has 0 aliphatic carbocycles. The second-order valence-corrected chi connectivity index (χ2v) is 7.38. The zero-order valence-corrected chi connectivity index (χ0v) is 14.8. The topological polar surface area (TPSA) is 59.1 Å². The molecule has 24 heavy (non-hydrogen) atoms. The van der Waals surface area contributed by atoms with Gasteiger partial charge in [-0.1, -0.05) is 0 Å². The van der Waals surface area contributed by atoms with Crippen LogP contribution in [0.25, 0.3) is 0 Å². The molecule has 0 aromatic heterocycles. The van der Waals surface area contributed by atoms with Crippen LogP contribution in [0.1, 0.15) is 38.5 Å². The van der Waals surface area contributed by atoms with Gasteiger partial charge in [-0.25, -0.2) is 0 Å². The first-order valence-corrected chi connectivity index (χ1v) is 9.31. The fourth-order valence-electron chi connectivity index (χ4n) is 4.39. The first-order valence-electron chi connectivity index (χ1n) is 9.31. The van der Waals surface area contributed by atoms with Gasteiger partial charge < -0.3 is 19.3 Å². The molecule has 0 aromatic rings. The normalized spacial score (nSPS) is 29.3. The molecule has 6 nitrogen and oxygen atoms in total. The fraction of sp³-hybridized carbons (Fsp3) is 0.889. The van der Waals surface area contributed by atoms with Gasteiger partial charge in [0.25, 0.3) is 0 Å². The highest BCUT2D eigenvalue weighted by Gasteiger charge is 2.47. The molecule has 6 heteroatoms. The Morgan fingerprint density at radius 1 is 1.21 bits per heavy atom. The molecule has 0 saturated carbocycles. The molecular weight excluding hydrogens is 308 g/mol. The van der Waals surface area contributed by atoms with Gasteiger partial charge in [-0.3, -0.25) is 9.59 Å². The van der Waals surface area contributed by atoms with Crippen LogP contribution in [-0.4, -0.2) is 74.7 Å². The Morgan fingerprint density at radius 3 is 2.71 bits per heavy atom. The first-order chi connectivity index (χ1) is 11.7. The third-order valence-electron chi connectivity index (χ3n) is 5.99. The van der Waals surface area contributed by atoms with Gasteiger partial charge in [0.2, 0.25) is 11.8 Å². The van der Waals surface area contributed by atoms with Crippen LogP contribution in [-0.2, 0) is 19.1 Å². The molecule has 0 radical (unpaired) electrons. The van der Waals surface area contributed by atoms with Crippen molar-refractivity contribution in [2.75, 3.05) is 53.1 Å². The standard InChI is InChI=1S/C18H30N2O4/c1-23-14-11-20-10-7-18(17(20)22)5-2-8-19(9-6-18)16(21)15-3-12-24-13-4-15/h15H,2-14H2,1H3/t18-/m0/s1. The lowest BCUT2D eigenvalue weighted by Crippen LogP contribution is -2.40. The predicted octanol–water partition coefficient (Wildman–Crippen LogP) is 1.29. The SMILES string of the molecule is COCCN1CC[C@@]2(CCCN(C(=O)C3CCOCC3)CC2)C1=O. The van der Waals surface area contributed by atoms with Crippen LogP contribution >= 0.6 is 0 Å². The molecule has 3 rings (SSSR count). The lowest BCUT2D eigenvalue weighted by Gasteiger charge is -2.29. The van der Waals surface area contributed by atoms with Gasteiger partial charge in [0.1, 0.15) is 0 Å². The summed E-state index contributed by atoms with van der Waals surface area (Å²) in [6.45, 7) is 5.01. The highest BCUT2D eigenvalue weighted by atomic mass is 16.5. The van der Waals surface area contributed by atoms with E-state index >= 15 is 0 Å². The van der Waals surface area contributed by atoms with Gasteiger partial charge in [0.05, 0.1) is 12.0 Å². The fourth-order valence-corrected chi connectivity index (χ4v) is 4.39. The van der Waals surface area contributed by atoms with Gasteiger partial charge in [-0.15, -0.1) is 0 Å². The molecule has 3 fully saturated rings. The minimum atomic E-state index is -0.238. The summed E-state index contributed by atoms with van der Waals surface area (Å²) in [7, 11) is 1.67. The molecule has 0 unspecified atom stereocenters. The Kier molecular flexibility index (Phi) is 5.76. The van der Waals surface area contributed by atoms with Gasteiger partial charge in [-0.05, 0) is 38.5 Å². The Hall–Kier alpha value is -1.14. The molecule has 3 saturated heterocycles. The van der Waals surface area contributed by atoms with Crippen LogP contribution in [0.15, 0.2) is 0 Å². The van der Waals surface area contributed by atoms with E-state index in [1.165, 1.54) is 0 Å². The molecule has 1 spiro atoms. The zero-order chi connectivity index (χ0) is 17.0. The second kappa shape index (κ2) is 7.83. The number of amides is 2. The average molecular weight is 338 g/mol. The Labute approximate surface area is 144 Å². The number of ether oxygens (including phenoxy) is 2. The second-order valence-electron chi connectivity index (χ2n) is 7.38. The van der Waals surface area contributed by atoms with E-state index in [4.69, 9.17) is 9.47 Å². The maximum atomic E-state index is 12.9. The maximum absolute atomic E-state index is 12.9. The van der Waals surface area contributed by atoms with Crippen molar-refractivity contribution in [1.29, 1.82) is 0 Å². The Morgan fingerprint density at radius 2 is 1.96 bits per heavy atom. The molecule has 0 bridgehead atoms. The summed E-state index contributed by atoms with van der Waals surface area (Å²) in [5.74, 6) is 0.669. The van der Waals surface area contributed by atoms with E-state index in [0.717, 1.165) is 58.2 Å². The van der Waals surface area contributed by atoms with Crippen LogP contribution in [0.2, 0.25) is 0 Å². The number of hydrogen-bond acceptors (Lipinski definition) is 4. The summed E-state index contributed by atoms with van der Waals surface area (Å²) in [5, 5.41) is 0. The molecule has 2 amide bonds. The molecule has 1 atom stereocenters. The molecular formula is C18H30N2O4. The van der Waals surface area contributed by atoms with Crippen LogP contribution in [0.5, 0.6) is 0 Å². The van der Waals surface area contributed by atoms with Crippen molar-refractivity contribution in [3.8, 4) is 0 Å². The van der Waals surface area contributed by atoms with Gasteiger partial charge in [-0.2, -0.15) is 0 Å². The number of likely N-dealkylation sites (tertiary alicyclic amines) is 2. The zero-order valence-electron chi connectivity index (χ0n) is 14.8. The summed E-state index contributed by atoms with van der Waals surface area (Å²) >= 11 is 0. The number of carbonyl (C=O) groups excluding carboxylic acids is 2. The van der Waals surface area contributed by atoms with Crippen LogP contribution in [0.4, 0.5) is 0 Å². The van der Waals surface area contributed by atoms with Crippen molar-refractivity contribution < 1.29 is 19.1 Å². The Bertz CT molecular complexity index is 464. The monoisotopic (exact) mass is 338 g/mol. The number of methoxy groups -OCH3 is 1. The predicted molar refractivity (Wildman–Crippen MR) is 89.5 cm³/mol. The van der Waals surface area contributed by atoms with E-state index in [0.29, 0.717) is 26.4 Å².